The van der Waals surface area contributed by atoms with Crippen LogP contribution in [0.2, 0.25) is 0 Å². The van der Waals surface area contributed by atoms with Crippen LogP contribution in [0.1, 0.15) is 22.3 Å². The Bertz CT molecular complexity index is 1120. The predicted molar refractivity (Wildman–Crippen MR) is 112 cm³/mol. The maximum atomic E-state index is 12.3. The Balaban J connectivity index is 1.38. The van der Waals surface area contributed by atoms with E-state index in [2.05, 4.69) is 44.4 Å². The molecule has 0 radical (unpaired) electrons. The van der Waals surface area contributed by atoms with Gasteiger partial charge in [-0.05, 0) is 24.1 Å². The standard InChI is InChI=1S/C22H23N5O3/c28-21-17-2-1-3-18-19(17)27(11-9-23-21)20(25-18)15-6-4-14(5-7-15)12-26-10-8-16(13-26)24-22(29)30/h1-7,16,24H,8-13H2,(H,23,28)(H,29,30). The molecule has 0 bridgehead atoms. The molecule has 3 heterocycles. The molecule has 3 N–H and O–H groups in total. The number of carboxylic acid groups (broad SMARTS) is 1. The zero-order valence-corrected chi connectivity index (χ0v) is 16.5. The van der Waals surface area contributed by atoms with Crippen LogP contribution >= 0.6 is 0 Å². The van der Waals surface area contributed by atoms with Crippen molar-refractivity contribution in [1.82, 2.24) is 25.1 Å². The first-order chi connectivity index (χ1) is 14.6. The molecule has 2 aliphatic heterocycles. The molecular formula is C22H23N5O3. The summed E-state index contributed by atoms with van der Waals surface area (Å²) < 4.78 is 2.13. The van der Waals surface area contributed by atoms with E-state index in [0.717, 1.165) is 48.5 Å². The van der Waals surface area contributed by atoms with Crippen molar-refractivity contribution in [3.63, 3.8) is 0 Å². The van der Waals surface area contributed by atoms with Gasteiger partial charge < -0.3 is 20.3 Å². The van der Waals surface area contributed by atoms with Crippen LogP contribution in [-0.4, -0.2) is 57.2 Å². The molecule has 2 aliphatic rings. The maximum Gasteiger partial charge on any atom is 0.404 e. The number of amides is 2. The smallest absolute Gasteiger partial charge is 0.404 e. The average molecular weight is 405 g/mol. The summed E-state index contributed by atoms with van der Waals surface area (Å²) in [6.45, 7) is 3.66. The number of carbonyl (C=O) groups is 2. The van der Waals surface area contributed by atoms with Crippen LogP contribution in [0.4, 0.5) is 4.79 Å². The van der Waals surface area contributed by atoms with Gasteiger partial charge in [0.15, 0.2) is 0 Å². The Morgan fingerprint density at radius 3 is 2.83 bits per heavy atom. The lowest BCUT2D eigenvalue weighted by molar-refractivity contribution is 0.0956. The molecule has 5 rings (SSSR count). The van der Waals surface area contributed by atoms with Crippen molar-refractivity contribution in [2.24, 2.45) is 0 Å². The molecule has 8 nitrogen and oxygen atoms in total. The lowest BCUT2D eigenvalue weighted by Crippen LogP contribution is -2.35. The van der Waals surface area contributed by atoms with Crippen LogP contribution in [0.3, 0.4) is 0 Å². The second-order valence-electron chi connectivity index (χ2n) is 7.88. The van der Waals surface area contributed by atoms with E-state index >= 15 is 0 Å². The van der Waals surface area contributed by atoms with E-state index < -0.39 is 6.09 Å². The number of hydrogen-bond donors (Lipinski definition) is 3. The SMILES string of the molecule is O=C(O)NC1CCN(Cc2ccc(-c3nc4cccc5c4n3CCNC5=O)cc2)C1. The normalized spacial score (nSPS) is 18.9. The Morgan fingerprint density at radius 2 is 2.03 bits per heavy atom. The number of para-hydroxylation sites is 1. The van der Waals surface area contributed by atoms with E-state index in [1.54, 1.807) is 0 Å². The molecule has 1 fully saturated rings. The molecule has 2 amide bonds. The molecule has 154 valence electrons. The number of benzene rings is 2. The molecule has 0 saturated carbocycles. The number of carbonyl (C=O) groups excluding carboxylic acids is 1. The third-order valence-corrected chi connectivity index (χ3v) is 5.85. The van der Waals surface area contributed by atoms with Gasteiger partial charge in [0, 0.05) is 44.3 Å². The van der Waals surface area contributed by atoms with Crippen molar-refractivity contribution >= 4 is 23.0 Å². The molecule has 30 heavy (non-hydrogen) atoms. The number of likely N-dealkylation sites (tertiary alicyclic amines) is 1. The fraction of sp³-hybridized carbons (Fsp3) is 0.318. The maximum absolute atomic E-state index is 12.3. The molecule has 1 saturated heterocycles. The van der Waals surface area contributed by atoms with E-state index in [4.69, 9.17) is 10.1 Å². The lowest BCUT2D eigenvalue weighted by Gasteiger charge is -2.16. The van der Waals surface area contributed by atoms with Crippen molar-refractivity contribution in [2.45, 2.75) is 25.6 Å². The van der Waals surface area contributed by atoms with E-state index in [0.29, 0.717) is 18.7 Å². The van der Waals surface area contributed by atoms with Gasteiger partial charge >= 0.3 is 6.09 Å². The number of hydrogen-bond acceptors (Lipinski definition) is 4. The first-order valence-electron chi connectivity index (χ1n) is 10.2. The monoisotopic (exact) mass is 405 g/mol. The molecule has 1 aromatic heterocycles. The average Bonchev–Trinajstić information content (AvgIpc) is 3.27. The minimum absolute atomic E-state index is 0.00155. The molecule has 0 spiro atoms. The molecule has 8 heteroatoms. The second kappa shape index (κ2) is 7.46. The van der Waals surface area contributed by atoms with Crippen molar-refractivity contribution in [3.8, 4) is 11.4 Å². The van der Waals surface area contributed by atoms with Gasteiger partial charge in [0.05, 0.1) is 16.6 Å². The Morgan fingerprint density at radius 1 is 1.20 bits per heavy atom. The summed E-state index contributed by atoms with van der Waals surface area (Å²) in [5.74, 6) is 0.815. The summed E-state index contributed by atoms with van der Waals surface area (Å²) >= 11 is 0. The van der Waals surface area contributed by atoms with Gasteiger partial charge in [0.1, 0.15) is 5.82 Å². The quantitative estimate of drug-likeness (QED) is 0.619. The van der Waals surface area contributed by atoms with Crippen molar-refractivity contribution in [3.05, 3.63) is 53.6 Å². The van der Waals surface area contributed by atoms with Crippen molar-refractivity contribution in [2.75, 3.05) is 19.6 Å². The summed E-state index contributed by atoms with van der Waals surface area (Å²) in [5, 5.41) is 14.4. The molecular weight excluding hydrogens is 382 g/mol. The van der Waals surface area contributed by atoms with Crippen LogP contribution in [0.15, 0.2) is 42.5 Å². The fourth-order valence-corrected chi connectivity index (χ4v) is 4.47. The molecule has 1 unspecified atom stereocenters. The summed E-state index contributed by atoms with van der Waals surface area (Å²) in [4.78, 5) is 30.2. The van der Waals surface area contributed by atoms with E-state index in [1.807, 2.05) is 18.2 Å². The highest BCUT2D eigenvalue weighted by Crippen LogP contribution is 2.28. The van der Waals surface area contributed by atoms with E-state index in [9.17, 15) is 9.59 Å². The van der Waals surface area contributed by atoms with Gasteiger partial charge in [0.25, 0.3) is 5.91 Å². The summed E-state index contributed by atoms with van der Waals surface area (Å²) in [6.07, 6.45) is -0.123. The fourth-order valence-electron chi connectivity index (χ4n) is 4.47. The Labute approximate surface area is 173 Å². The number of imidazole rings is 1. The van der Waals surface area contributed by atoms with Crippen LogP contribution in [-0.2, 0) is 13.1 Å². The minimum atomic E-state index is -0.960. The largest absolute Gasteiger partial charge is 0.465 e. The van der Waals surface area contributed by atoms with Crippen LogP contribution < -0.4 is 10.6 Å². The van der Waals surface area contributed by atoms with Gasteiger partial charge in [0.2, 0.25) is 0 Å². The molecule has 2 aromatic carbocycles. The zero-order valence-electron chi connectivity index (χ0n) is 16.5. The summed E-state index contributed by atoms with van der Waals surface area (Å²) in [7, 11) is 0. The third-order valence-electron chi connectivity index (χ3n) is 5.85. The Kier molecular flexibility index (Phi) is 4.63. The summed E-state index contributed by atoms with van der Waals surface area (Å²) in [6, 6.07) is 14.0. The number of rotatable bonds is 4. The van der Waals surface area contributed by atoms with Gasteiger partial charge in [-0.2, -0.15) is 0 Å². The van der Waals surface area contributed by atoms with Crippen molar-refractivity contribution < 1.29 is 14.7 Å². The highest BCUT2D eigenvalue weighted by molar-refractivity contribution is 6.06. The molecule has 0 aliphatic carbocycles. The number of aromatic nitrogens is 2. The van der Waals surface area contributed by atoms with Crippen molar-refractivity contribution in [1.29, 1.82) is 0 Å². The molecule has 1 atom stereocenters. The highest BCUT2D eigenvalue weighted by Gasteiger charge is 2.24. The van der Waals surface area contributed by atoms with E-state index in [1.165, 1.54) is 5.56 Å². The van der Waals surface area contributed by atoms with Gasteiger partial charge in [-0.1, -0.05) is 30.3 Å². The lowest BCUT2D eigenvalue weighted by atomic mass is 10.1. The van der Waals surface area contributed by atoms with Crippen LogP contribution in [0.5, 0.6) is 0 Å². The topological polar surface area (TPSA) is 99.5 Å². The van der Waals surface area contributed by atoms with Gasteiger partial charge in [-0.3, -0.25) is 9.69 Å². The second-order valence-corrected chi connectivity index (χ2v) is 7.88. The first-order valence-corrected chi connectivity index (χ1v) is 10.2. The van der Waals surface area contributed by atoms with E-state index in [-0.39, 0.29) is 11.9 Å². The minimum Gasteiger partial charge on any atom is -0.465 e. The summed E-state index contributed by atoms with van der Waals surface area (Å²) in [5.41, 5.74) is 4.58. The van der Waals surface area contributed by atoms with Gasteiger partial charge in [-0.15, -0.1) is 0 Å². The predicted octanol–water partition coefficient (Wildman–Crippen LogP) is 2.29. The first kappa shape index (κ1) is 18.6. The highest BCUT2D eigenvalue weighted by atomic mass is 16.4. The zero-order chi connectivity index (χ0) is 20.7. The van der Waals surface area contributed by atoms with Crippen LogP contribution in [0, 0.1) is 0 Å². The third kappa shape index (κ3) is 3.39. The molecule has 3 aromatic rings. The van der Waals surface area contributed by atoms with Gasteiger partial charge in [-0.25, -0.2) is 9.78 Å². The van der Waals surface area contributed by atoms with Crippen LogP contribution in [0.25, 0.3) is 22.4 Å². The number of nitrogens with one attached hydrogen (secondary N) is 2. The Hall–Kier alpha value is -3.39. The number of nitrogens with zero attached hydrogens (tertiary/aromatic N) is 3.